The number of carbonyl (C=O) groups excluding carboxylic acids is 2. The van der Waals surface area contributed by atoms with Crippen LogP contribution in [0, 0.1) is 22.7 Å². The van der Waals surface area contributed by atoms with E-state index in [1.165, 1.54) is 7.11 Å². The summed E-state index contributed by atoms with van der Waals surface area (Å²) in [5.41, 5.74) is -0.973. The summed E-state index contributed by atoms with van der Waals surface area (Å²) in [6.07, 6.45) is 3.96. The second kappa shape index (κ2) is 6.55. The number of amides is 1. The van der Waals surface area contributed by atoms with Crippen LogP contribution in [-0.4, -0.2) is 25.0 Å². The number of esters is 1. The van der Waals surface area contributed by atoms with Crippen LogP contribution in [0.3, 0.4) is 0 Å². The third kappa shape index (κ3) is 3.46. The van der Waals surface area contributed by atoms with Gasteiger partial charge in [0.1, 0.15) is 11.5 Å². The van der Waals surface area contributed by atoms with E-state index in [-0.39, 0.29) is 11.8 Å². The summed E-state index contributed by atoms with van der Waals surface area (Å²) < 4.78 is 4.69. The number of hydrogen-bond acceptors (Lipinski definition) is 4. The molecule has 0 saturated heterocycles. The van der Waals surface area contributed by atoms with E-state index in [0.29, 0.717) is 12.8 Å². The molecule has 1 amide bonds. The number of carbonyl (C=O) groups is 2. The Balaban J connectivity index is 2.81. The maximum Gasteiger partial charge on any atom is 0.328 e. The Labute approximate surface area is 114 Å². The van der Waals surface area contributed by atoms with E-state index >= 15 is 0 Å². The third-order valence-corrected chi connectivity index (χ3v) is 3.76. The molecule has 0 bridgehead atoms. The molecule has 19 heavy (non-hydrogen) atoms. The lowest BCUT2D eigenvalue weighted by Crippen LogP contribution is -2.51. The van der Waals surface area contributed by atoms with Crippen molar-refractivity contribution in [1.29, 1.82) is 5.26 Å². The molecule has 0 aromatic carbocycles. The van der Waals surface area contributed by atoms with Crippen molar-refractivity contribution >= 4 is 11.9 Å². The fourth-order valence-electron chi connectivity index (χ4n) is 2.45. The topological polar surface area (TPSA) is 79.2 Å². The van der Waals surface area contributed by atoms with E-state index in [0.717, 1.165) is 19.3 Å². The second-order valence-corrected chi connectivity index (χ2v) is 5.47. The van der Waals surface area contributed by atoms with Crippen LogP contribution in [0.2, 0.25) is 0 Å². The first kappa shape index (κ1) is 15.5. The molecule has 0 radical (unpaired) electrons. The zero-order chi connectivity index (χ0) is 14.5. The molecule has 1 aliphatic rings. The Morgan fingerprint density at radius 2 is 1.84 bits per heavy atom. The predicted octanol–water partition coefficient (Wildman–Crippen LogP) is 1.77. The van der Waals surface area contributed by atoms with Crippen molar-refractivity contribution in [2.24, 2.45) is 11.3 Å². The molecule has 1 atom stereocenters. The molecule has 106 valence electrons. The fraction of sp³-hybridized carbons (Fsp3) is 0.786. The van der Waals surface area contributed by atoms with Gasteiger partial charge in [-0.15, -0.1) is 0 Å². The van der Waals surface area contributed by atoms with E-state index in [4.69, 9.17) is 4.74 Å². The molecule has 0 spiro atoms. The first-order valence-electron chi connectivity index (χ1n) is 6.77. The van der Waals surface area contributed by atoms with Gasteiger partial charge in [-0.1, -0.05) is 33.1 Å². The highest BCUT2D eigenvalue weighted by molar-refractivity contribution is 5.90. The van der Waals surface area contributed by atoms with Gasteiger partial charge in [0.05, 0.1) is 13.2 Å². The summed E-state index contributed by atoms with van der Waals surface area (Å²) >= 11 is 0. The zero-order valence-corrected chi connectivity index (χ0v) is 11.9. The van der Waals surface area contributed by atoms with Gasteiger partial charge in [0.25, 0.3) is 0 Å². The Morgan fingerprint density at radius 3 is 2.26 bits per heavy atom. The molecule has 0 aromatic rings. The predicted molar refractivity (Wildman–Crippen MR) is 69.9 cm³/mol. The van der Waals surface area contributed by atoms with Crippen molar-refractivity contribution in [2.75, 3.05) is 7.11 Å². The van der Waals surface area contributed by atoms with E-state index in [1.54, 1.807) is 0 Å². The maximum absolute atomic E-state index is 12.3. The lowest BCUT2D eigenvalue weighted by atomic mass is 9.74. The summed E-state index contributed by atoms with van der Waals surface area (Å²) in [4.78, 5) is 24.0. The van der Waals surface area contributed by atoms with Crippen LogP contribution in [0.5, 0.6) is 0 Å². The van der Waals surface area contributed by atoms with E-state index in [9.17, 15) is 14.9 Å². The van der Waals surface area contributed by atoms with Gasteiger partial charge in [-0.2, -0.15) is 5.26 Å². The number of rotatable bonds is 4. The molecule has 5 heteroatoms. The summed E-state index contributed by atoms with van der Waals surface area (Å²) in [5, 5.41) is 12.0. The Hall–Kier alpha value is -1.57. The van der Waals surface area contributed by atoms with Gasteiger partial charge in [0.2, 0.25) is 5.91 Å². The normalized spacial score (nSPS) is 19.3. The van der Waals surface area contributed by atoms with Gasteiger partial charge in [-0.3, -0.25) is 4.79 Å². The summed E-state index contributed by atoms with van der Waals surface area (Å²) in [6, 6.07) is 1.46. The van der Waals surface area contributed by atoms with Crippen LogP contribution < -0.4 is 5.32 Å². The summed E-state index contributed by atoms with van der Waals surface area (Å²) in [7, 11) is 1.30. The monoisotopic (exact) mass is 266 g/mol. The van der Waals surface area contributed by atoms with Crippen molar-refractivity contribution < 1.29 is 14.3 Å². The number of ether oxygens (including phenoxy) is 1. The molecule has 1 fully saturated rings. The number of methoxy groups -OCH3 is 1. The van der Waals surface area contributed by atoms with Crippen molar-refractivity contribution in [3.63, 3.8) is 0 Å². The van der Waals surface area contributed by atoms with Crippen LogP contribution in [0.4, 0.5) is 0 Å². The lowest BCUT2D eigenvalue weighted by Gasteiger charge is -2.31. The van der Waals surface area contributed by atoms with Crippen LogP contribution in [0.15, 0.2) is 0 Å². The second-order valence-electron chi connectivity index (χ2n) is 5.47. The van der Waals surface area contributed by atoms with Crippen molar-refractivity contribution in [1.82, 2.24) is 5.32 Å². The highest BCUT2D eigenvalue weighted by atomic mass is 16.5. The molecular formula is C14H22N2O3. The van der Waals surface area contributed by atoms with Gasteiger partial charge in [0.15, 0.2) is 0 Å². The standard InChI is InChI=1S/C14H22N2O3/c1-10(2)11(12(17)19-3)16-13(18)14(9-15)7-5-4-6-8-14/h10-11H,4-8H2,1-3H3,(H,16,18). The highest BCUT2D eigenvalue weighted by Gasteiger charge is 2.41. The summed E-state index contributed by atoms with van der Waals surface area (Å²) in [6.45, 7) is 3.67. The van der Waals surface area contributed by atoms with Gasteiger partial charge in [0, 0.05) is 0 Å². The van der Waals surface area contributed by atoms with Crippen molar-refractivity contribution in [2.45, 2.75) is 52.0 Å². The average Bonchev–Trinajstić information content (AvgIpc) is 2.43. The highest BCUT2D eigenvalue weighted by Crippen LogP contribution is 2.36. The molecule has 1 N–H and O–H groups in total. The maximum atomic E-state index is 12.3. The van der Waals surface area contributed by atoms with Gasteiger partial charge in [-0.05, 0) is 18.8 Å². The Morgan fingerprint density at radius 1 is 1.26 bits per heavy atom. The van der Waals surface area contributed by atoms with Crippen LogP contribution in [0.1, 0.15) is 46.0 Å². The minimum absolute atomic E-state index is 0.0734. The van der Waals surface area contributed by atoms with Gasteiger partial charge < -0.3 is 10.1 Å². The Bertz CT molecular complexity index is 379. The Kier molecular flexibility index (Phi) is 5.34. The van der Waals surface area contributed by atoms with Crippen LogP contribution >= 0.6 is 0 Å². The number of nitrogens with zero attached hydrogens (tertiary/aromatic N) is 1. The minimum Gasteiger partial charge on any atom is -0.467 e. The first-order chi connectivity index (χ1) is 8.96. The van der Waals surface area contributed by atoms with E-state index in [1.807, 2.05) is 13.8 Å². The number of nitrogens with one attached hydrogen (secondary N) is 1. The lowest BCUT2D eigenvalue weighted by molar-refractivity contribution is -0.147. The molecule has 1 saturated carbocycles. The first-order valence-corrected chi connectivity index (χ1v) is 6.77. The molecule has 1 aliphatic carbocycles. The third-order valence-electron chi connectivity index (χ3n) is 3.76. The summed E-state index contributed by atoms with van der Waals surface area (Å²) in [5.74, 6) is -0.873. The fourth-order valence-corrected chi connectivity index (χ4v) is 2.45. The largest absolute Gasteiger partial charge is 0.467 e. The molecule has 0 aromatic heterocycles. The number of hydrogen-bond donors (Lipinski definition) is 1. The number of nitriles is 1. The molecule has 1 unspecified atom stereocenters. The zero-order valence-electron chi connectivity index (χ0n) is 11.9. The minimum atomic E-state index is -0.973. The van der Waals surface area contributed by atoms with Gasteiger partial charge in [-0.25, -0.2) is 4.79 Å². The van der Waals surface area contributed by atoms with Crippen molar-refractivity contribution in [3.8, 4) is 6.07 Å². The molecular weight excluding hydrogens is 244 g/mol. The molecule has 0 aliphatic heterocycles. The smallest absolute Gasteiger partial charge is 0.328 e. The molecule has 1 rings (SSSR count). The van der Waals surface area contributed by atoms with Crippen LogP contribution in [-0.2, 0) is 14.3 Å². The molecule has 5 nitrogen and oxygen atoms in total. The van der Waals surface area contributed by atoms with Crippen LogP contribution in [0.25, 0.3) is 0 Å². The SMILES string of the molecule is COC(=O)C(NC(=O)C1(C#N)CCCCC1)C(C)C. The van der Waals surface area contributed by atoms with Gasteiger partial charge >= 0.3 is 5.97 Å². The quantitative estimate of drug-likeness (QED) is 0.786. The molecule has 0 heterocycles. The average molecular weight is 266 g/mol. The van der Waals surface area contributed by atoms with Crippen molar-refractivity contribution in [3.05, 3.63) is 0 Å². The van der Waals surface area contributed by atoms with E-state index < -0.39 is 17.4 Å². The van der Waals surface area contributed by atoms with E-state index in [2.05, 4.69) is 11.4 Å².